The summed E-state index contributed by atoms with van der Waals surface area (Å²) >= 11 is 0. The van der Waals surface area contributed by atoms with Gasteiger partial charge in [-0.2, -0.15) is 0 Å². The second-order valence-corrected chi connectivity index (χ2v) is 6.53. The summed E-state index contributed by atoms with van der Waals surface area (Å²) in [6.07, 6.45) is 12.1. The van der Waals surface area contributed by atoms with E-state index in [4.69, 9.17) is 21.9 Å². The van der Waals surface area contributed by atoms with E-state index in [9.17, 15) is 4.57 Å². The van der Waals surface area contributed by atoms with Crippen LogP contribution in [0.1, 0.15) is 27.7 Å². The Morgan fingerprint density at radius 2 is 1.53 bits per heavy atom. The molecule has 0 aromatic carbocycles. The van der Waals surface area contributed by atoms with E-state index in [0.717, 1.165) is 0 Å². The Morgan fingerprint density at radius 3 is 1.76 bits per heavy atom. The number of hydrogen-bond acceptors (Lipinski definition) is 3. The van der Waals surface area contributed by atoms with Gasteiger partial charge in [-0.15, -0.1) is 19.4 Å². The molecule has 0 aliphatic heterocycles. The summed E-state index contributed by atoms with van der Waals surface area (Å²) in [6, 6.07) is 0. The van der Waals surface area contributed by atoms with Crippen LogP contribution >= 0.6 is 7.60 Å². The van der Waals surface area contributed by atoms with E-state index in [0.29, 0.717) is 0 Å². The topological polar surface area (TPSA) is 35.5 Å². The van der Waals surface area contributed by atoms with Crippen molar-refractivity contribution in [2.75, 3.05) is 6.16 Å². The van der Waals surface area contributed by atoms with Gasteiger partial charge in [-0.05, 0) is 27.7 Å². The van der Waals surface area contributed by atoms with Crippen LogP contribution in [-0.4, -0.2) is 17.4 Å². The lowest BCUT2D eigenvalue weighted by molar-refractivity contribution is 0.0851. The number of allylic oxidation sites excluding steroid dienone is 1. The van der Waals surface area contributed by atoms with Crippen molar-refractivity contribution in [3.05, 3.63) is 12.7 Å². The van der Waals surface area contributed by atoms with Crippen LogP contribution < -0.4 is 0 Å². The maximum atomic E-state index is 12.5. The van der Waals surface area contributed by atoms with Crippen molar-refractivity contribution in [1.82, 2.24) is 0 Å². The summed E-state index contributed by atoms with van der Waals surface area (Å²) in [4.78, 5) is 0. The molecule has 0 heterocycles. The quantitative estimate of drug-likeness (QED) is 0.415. The van der Waals surface area contributed by atoms with E-state index in [1.165, 1.54) is 6.08 Å². The van der Waals surface area contributed by atoms with Crippen molar-refractivity contribution >= 4 is 7.60 Å². The summed E-state index contributed by atoms with van der Waals surface area (Å²) < 4.78 is 23.2. The molecule has 0 bridgehead atoms. The molecule has 17 heavy (non-hydrogen) atoms. The standard InChI is InChI=1S/C13H19O3P/c1-8-11-17(14,15-12(4,5)9-2)16-13(6,7)10-3/h2-3,8H,1,11H2,4-7H3. The van der Waals surface area contributed by atoms with Crippen LogP contribution in [-0.2, 0) is 13.6 Å². The highest BCUT2D eigenvalue weighted by Gasteiger charge is 2.36. The third kappa shape index (κ3) is 5.76. The lowest BCUT2D eigenvalue weighted by Gasteiger charge is -2.30. The molecule has 0 aliphatic rings. The van der Waals surface area contributed by atoms with Gasteiger partial charge in [0, 0.05) is 0 Å². The zero-order chi connectivity index (χ0) is 13.7. The highest BCUT2D eigenvalue weighted by atomic mass is 31.2. The molecule has 0 atom stereocenters. The molecular weight excluding hydrogens is 235 g/mol. The molecule has 0 saturated heterocycles. The minimum atomic E-state index is -3.40. The van der Waals surface area contributed by atoms with Crippen molar-refractivity contribution in [2.24, 2.45) is 0 Å². The van der Waals surface area contributed by atoms with E-state index in [-0.39, 0.29) is 6.16 Å². The lowest BCUT2D eigenvalue weighted by Crippen LogP contribution is -2.26. The van der Waals surface area contributed by atoms with Crippen molar-refractivity contribution in [3.8, 4) is 24.7 Å². The van der Waals surface area contributed by atoms with Crippen LogP contribution in [0.3, 0.4) is 0 Å². The molecule has 94 valence electrons. The second kappa shape index (κ2) is 5.56. The largest absolute Gasteiger partial charge is 0.337 e. The van der Waals surface area contributed by atoms with Crippen molar-refractivity contribution in [2.45, 2.75) is 38.9 Å². The molecule has 3 nitrogen and oxygen atoms in total. The summed E-state index contributed by atoms with van der Waals surface area (Å²) in [6.45, 7) is 10.1. The van der Waals surface area contributed by atoms with Gasteiger partial charge in [0.1, 0.15) is 11.2 Å². The van der Waals surface area contributed by atoms with Gasteiger partial charge in [0.25, 0.3) is 0 Å². The average molecular weight is 254 g/mol. The summed E-state index contributed by atoms with van der Waals surface area (Å²) in [5, 5.41) is 0. The van der Waals surface area contributed by atoms with Gasteiger partial charge in [-0.25, -0.2) is 0 Å². The van der Waals surface area contributed by atoms with E-state index in [2.05, 4.69) is 18.4 Å². The Morgan fingerprint density at radius 1 is 1.18 bits per heavy atom. The van der Waals surface area contributed by atoms with Crippen LogP contribution in [0.4, 0.5) is 0 Å². The first-order valence-electron chi connectivity index (χ1n) is 5.17. The predicted octanol–water partition coefficient (Wildman–Crippen LogP) is 3.22. The second-order valence-electron chi connectivity index (χ2n) is 4.57. The first-order valence-corrected chi connectivity index (χ1v) is 6.89. The molecule has 0 saturated carbocycles. The summed E-state index contributed by atoms with van der Waals surface area (Å²) in [7, 11) is -3.40. The molecule has 0 N–H and O–H groups in total. The number of rotatable bonds is 6. The van der Waals surface area contributed by atoms with Gasteiger partial charge in [0.15, 0.2) is 0 Å². The Bertz CT molecular complexity index is 375. The molecule has 0 amide bonds. The van der Waals surface area contributed by atoms with Crippen LogP contribution in [0.5, 0.6) is 0 Å². The van der Waals surface area contributed by atoms with Gasteiger partial charge >= 0.3 is 7.60 Å². The van der Waals surface area contributed by atoms with Gasteiger partial charge in [0.2, 0.25) is 0 Å². The molecule has 0 radical (unpaired) electrons. The van der Waals surface area contributed by atoms with Gasteiger partial charge < -0.3 is 0 Å². The fourth-order valence-corrected chi connectivity index (χ4v) is 3.00. The smallest absolute Gasteiger partial charge is 0.289 e. The molecule has 4 heteroatoms. The Hall–Kier alpha value is -0.990. The van der Waals surface area contributed by atoms with Crippen LogP contribution in [0.25, 0.3) is 0 Å². The Kier molecular flexibility index (Phi) is 5.24. The minimum Gasteiger partial charge on any atom is -0.289 e. The van der Waals surface area contributed by atoms with Crippen molar-refractivity contribution in [3.63, 3.8) is 0 Å². The molecule has 0 aliphatic carbocycles. The van der Waals surface area contributed by atoms with Gasteiger partial charge in [-0.1, -0.05) is 17.9 Å². The van der Waals surface area contributed by atoms with E-state index in [1.807, 2.05) is 0 Å². The molecule has 0 fully saturated rings. The van der Waals surface area contributed by atoms with Crippen molar-refractivity contribution < 1.29 is 13.6 Å². The molecule has 0 unspecified atom stereocenters. The first kappa shape index (κ1) is 16.0. The van der Waals surface area contributed by atoms with Crippen LogP contribution in [0.15, 0.2) is 12.7 Å². The predicted molar refractivity (Wildman–Crippen MR) is 70.7 cm³/mol. The molecule has 0 rings (SSSR count). The fourth-order valence-electron chi connectivity index (χ4n) is 0.999. The Balaban J connectivity index is 5.09. The maximum Gasteiger partial charge on any atom is 0.337 e. The van der Waals surface area contributed by atoms with Gasteiger partial charge in [0.05, 0.1) is 6.16 Å². The monoisotopic (exact) mass is 254 g/mol. The third-order valence-electron chi connectivity index (χ3n) is 1.78. The number of terminal acetylenes is 2. The molecule has 0 aromatic rings. The SMILES string of the molecule is C#CC(C)(C)OP(=O)(CC=C)OC(C)(C)C#C. The minimum absolute atomic E-state index is 0.0587. The summed E-state index contributed by atoms with van der Waals surface area (Å²) in [5.74, 6) is 4.80. The van der Waals surface area contributed by atoms with Gasteiger partial charge in [-0.3, -0.25) is 13.6 Å². The average Bonchev–Trinajstić information content (AvgIpc) is 2.16. The zero-order valence-corrected chi connectivity index (χ0v) is 11.7. The third-order valence-corrected chi connectivity index (χ3v) is 3.96. The summed E-state index contributed by atoms with van der Waals surface area (Å²) in [5.41, 5.74) is -1.97. The molecular formula is C13H19O3P. The van der Waals surface area contributed by atoms with E-state index >= 15 is 0 Å². The molecule has 0 spiro atoms. The fraction of sp³-hybridized carbons (Fsp3) is 0.538. The van der Waals surface area contributed by atoms with Crippen LogP contribution in [0, 0.1) is 24.7 Å². The normalized spacial score (nSPS) is 12.6. The zero-order valence-electron chi connectivity index (χ0n) is 10.8. The Labute approximate surface area is 104 Å². The highest BCUT2D eigenvalue weighted by molar-refractivity contribution is 7.54. The van der Waals surface area contributed by atoms with Crippen LogP contribution in [0.2, 0.25) is 0 Å². The van der Waals surface area contributed by atoms with Crippen molar-refractivity contribution in [1.29, 1.82) is 0 Å². The number of hydrogen-bond donors (Lipinski definition) is 0. The van der Waals surface area contributed by atoms with E-state index in [1.54, 1.807) is 27.7 Å². The maximum absolute atomic E-state index is 12.5. The lowest BCUT2D eigenvalue weighted by atomic mass is 10.2. The molecule has 0 aromatic heterocycles. The first-order chi connectivity index (χ1) is 7.60. The van der Waals surface area contributed by atoms with E-state index < -0.39 is 18.8 Å². The highest BCUT2D eigenvalue weighted by Crippen LogP contribution is 2.54.